The molecule has 0 aliphatic heterocycles. The number of carbonyl (C=O) groups excluding carboxylic acids is 1. The first-order valence-electron chi connectivity index (χ1n) is 8.87. The van der Waals surface area contributed by atoms with E-state index in [4.69, 9.17) is 4.74 Å². The molecule has 10 heteroatoms. The summed E-state index contributed by atoms with van der Waals surface area (Å²) in [4.78, 5) is 19.5. The van der Waals surface area contributed by atoms with Gasteiger partial charge in [0.25, 0.3) is 0 Å². The molecule has 30 heavy (non-hydrogen) atoms. The molecule has 0 bridgehead atoms. The van der Waals surface area contributed by atoms with E-state index in [1.807, 2.05) is 0 Å². The van der Waals surface area contributed by atoms with Gasteiger partial charge in [-0.3, -0.25) is 4.79 Å². The van der Waals surface area contributed by atoms with E-state index in [2.05, 4.69) is 36.5 Å². The molecule has 2 aromatic carbocycles. The lowest BCUT2D eigenvalue weighted by atomic mass is 10.0. The molecular weight excluding hydrogens is 465 g/mol. The maximum absolute atomic E-state index is 13.1. The highest BCUT2D eigenvalue weighted by atomic mass is 79.9. The molecule has 1 heterocycles. The van der Waals surface area contributed by atoms with Crippen LogP contribution < -0.4 is 15.4 Å². The van der Waals surface area contributed by atoms with Gasteiger partial charge in [0, 0.05) is 17.5 Å². The largest absolute Gasteiger partial charge is 0.495 e. The van der Waals surface area contributed by atoms with E-state index in [-0.39, 0.29) is 6.54 Å². The van der Waals surface area contributed by atoms with Crippen LogP contribution in [0.2, 0.25) is 0 Å². The average molecular weight is 483 g/mol. The molecular formula is C20H18BrF3N4O2. The van der Waals surface area contributed by atoms with Gasteiger partial charge in [-0.2, -0.15) is 13.2 Å². The third-order valence-corrected chi connectivity index (χ3v) is 5.05. The number of rotatable bonds is 7. The van der Waals surface area contributed by atoms with Crippen LogP contribution in [-0.2, 0) is 17.5 Å². The number of nitrogens with zero attached hydrogens (tertiary/aromatic N) is 2. The monoisotopic (exact) mass is 482 g/mol. The van der Waals surface area contributed by atoms with Gasteiger partial charge in [-0.05, 0) is 46.6 Å². The minimum Gasteiger partial charge on any atom is -0.495 e. The van der Waals surface area contributed by atoms with E-state index in [0.29, 0.717) is 44.7 Å². The highest BCUT2D eigenvalue weighted by Gasteiger charge is 2.30. The Morgan fingerprint density at radius 1 is 1.23 bits per heavy atom. The third-order valence-electron chi connectivity index (χ3n) is 4.43. The maximum Gasteiger partial charge on any atom is 0.416 e. The van der Waals surface area contributed by atoms with E-state index in [1.54, 1.807) is 25.1 Å². The lowest BCUT2D eigenvalue weighted by molar-refractivity contribution is -0.137. The van der Waals surface area contributed by atoms with Gasteiger partial charge in [-0.15, -0.1) is 0 Å². The van der Waals surface area contributed by atoms with Crippen LogP contribution in [0.1, 0.15) is 29.9 Å². The highest BCUT2D eigenvalue weighted by molar-refractivity contribution is 9.10. The van der Waals surface area contributed by atoms with E-state index in [1.165, 1.54) is 13.2 Å². The lowest BCUT2D eigenvalue weighted by Gasteiger charge is -2.19. The second-order valence-corrected chi connectivity index (χ2v) is 7.33. The first kappa shape index (κ1) is 21.8. The molecule has 3 aromatic rings. The van der Waals surface area contributed by atoms with Crippen LogP contribution in [0, 0.1) is 0 Å². The van der Waals surface area contributed by atoms with Crippen molar-refractivity contribution in [1.29, 1.82) is 0 Å². The summed E-state index contributed by atoms with van der Waals surface area (Å²) in [5.74, 6) is 1.33. The summed E-state index contributed by atoms with van der Waals surface area (Å²) in [6.07, 6.45) is -3.89. The van der Waals surface area contributed by atoms with Crippen molar-refractivity contribution in [1.82, 2.24) is 15.3 Å². The topological polar surface area (TPSA) is 76.1 Å². The van der Waals surface area contributed by atoms with Crippen molar-refractivity contribution in [3.8, 4) is 5.75 Å². The zero-order chi connectivity index (χ0) is 21.9. The van der Waals surface area contributed by atoms with E-state index in [9.17, 15) is 18.0 Å². The van der Waals surface area contributed by atoms with Crippen LogP contribution in [-0.4, -0.2) is 23.5 Å². The van der Waals surface area contributed by atoms with E-state index < -0.39 is 17.8 Å². The fraction of sp³-hybridized carbons (Fsp3) is 0.250. The summed E-state index contributed by atoms with van der Waals surface area (Å²) in [6.45, 7) is 1.84. The molecule has 1 atom stereocenters. The van der Waals surface area contributed by atoms with Crippen molar-refractivity contribution in [2.45, 2.75) is 25.7 Å². The smallest absolute Gasteiger partial charge is 0.416 e. The van der Waals surface area contributed by atoms with Gasteiger partial charge in [-0.25, -0.2) is 9.97 Å². The van der Waals surface area contributed by atoms with E-state index >= 15 is 0 Å². The number of amides is 1. The van der Waals surface area contributed by atoms with Gasteiger partial charge in [-0.1, -0.05) is 12.1 Å². The number of anilines is 1. The Morgan fingerprint density at radius 3 is 2.67 bits per heavy atom. The number of nitrogens with one attached hydrogen (secondary N) is 2. The minimum absolute atomic E-state index is 0.102. The molecule has 0 aliphatic carbocycles. The molecule has 3 rings (SSSR count). The van der Waals surface area contributed by atoms with Crippen molar-refractivity contribution in [3.63, 3.8) is 0 Å². The van der Waals surface area contributed by atoms with Gasteiger partial charge in [0.2, 0.25) is 6.41 Å². The molecule has 0 aliphatic rings. The van der Waals surface area contributed by atoms with Gasteiger partial charge >= 0.3 is 6.18 Å². The fourth-order valence-corrected chi connectivity index (χ4v) is 3.43. The highest BCUT2D eigenvalue weighted by Crippen LogP contribution is 2.35. The number of hydrogen-bond acceptors (Lipinski definition) is 5. The Hall–Kier alpha value is -2.88. The zero-order valence-electron chi connectivity index (χ0n) is 16.0. The maximum atomic E-state index is 13.1. The molecule has 1 amide bonds. The summed E-state index contributed by atoms with van der Waals surface area (Å²) in [5, 5.41) is 6.32. The fourth-order valence-electron chi connectivity index (χ4n) is 2.93. The Morgan fingerprint density at radius 2 is 2.00 bits per heavy atom. The van der Waals surface area contributed by atoms with Crippen molar-refractivity contribution < 1.29 is 22.7 Å². The van der Waals surface area contributed by atoms with Gasteiger partial charge in [0.15, 0.2) is 5.82 Å². The number of aromatic nitrogens is 2. The predicted molar refractivity (Wildman–Crippen MR) is 110 cm³/mol. The molecule has 158 valence electrons. The lowest BCUT2D eigenvalue weighted by Crippen LogP contribution is -2.15. The Balaban J connectivity index is 2.03. The summed E-state index contributed by atoms with van der Waals surface area (Å²) < 4.78 is 45.2. The van der Waals surface area contributed by atoms with Crippen LogP contribution in [0.5, 0.6) is 5.75 Å². The van der Waals surface area contributed by atoms with Crippen LogP contribution in [0.15, 0.2) is 40.9 Å². The molecule has 0 saturated heterocycles. The van der Waals surface area contributed by atoms with Crippen LogP contribution >= 0.6 is 15.9 Å². The number of benzene rings is 2. The number of alkyl halides is 3. The first-order chi connectivity index (χ1) is 14.2. The molecule has 6 nitrogen and oxygen atoms in total. The standard InChI is InChI=1S/C20H18BrF3N4O2/c1-11(12-4-3-5-13(6-12)20(22,23)24)26-19-14-7-15(21)17(30-2)8-16(14)27-18(28-19)9-25-10-29/h3-8,10-11H,9H2,1-2H3,(H,25,29)(H,26,27,28)/t11-/m1/s1. The van der Waals surface area contributed by atoms with Crippen LogP contribution in [0.4, 0.5) is 19.0 Å². The normalized spacial score (nSPS) is 12.5. The van der Waals surface area contributed by atoms with Gasteiger partial charge in [0.1, 0.15) is 11.6 Å². The van der Waals surface area contributed by atoms with Gasteiger partial charge in [0.05, 0.1) is 29.2 Å². The van der Waals surface area contributed by atoms with Crippen molar-refractivity contribution >= 4 is 39.1 Å². The number of methoxy groups -OCH3 is 1. The third kappa shape index (κ3) is 4.81. The Kier molecular flexibility index (Phi) is 6.45. The Bertz CT molecular complexity index is 1080. The summed E-state index contributed by atoms with van der Waals surface area (Å²) >= 11 is 3.42. The first-order valence-corrected chi connectivity index (χ1v) is 9.67. The summed E-state index contributed by atoms with van der Waals surface area (Å²) in [7, 11) is 1.52. The molecule has 1 aromatic heterocycles. The summed E-state index contributed by atoms with van der Waals surface area (Å²) in [6, 6.07) is 8.13. The molecule has 0 unspecified atom stereocenters. The molecule has 2 N–H and O–H groups in total. The average Bonchev–Trinajstić information content (AvgIpc) is 2.71. The summed E-state index contributed by atoms with van der Waals surface area (Å²) in [5.41, 5.74) is 0.299. The quantitative estimate of drug-likeness (QED) is 0.471. The number of ether oxygens (including phenoxy) is 1. The zero-order valence-corrected chi connectivity index (χ0v) is 17.6. The Labute approximate surface area is 179 Å². The second kappa shape index (κ2) is 8.86. The van der Waals surface area contributed by atoms with Crippen molar-refractivity contribution in [3.05, 3.63) is 57.8 Å². The SMILES string of the molecule is COc1cc2nc(CNC=O)nc(N[C@H](C)c3cccc(C(F)(F)F)c3)c2cc1Br. The number of carbonyl (C=O) groups is 1. The van der Waals surface area contributed by atoms with Crippen molar-refractivity contribution in [2.24, 2.45) is 0 Å². The number of hydrogen-bond donors (Lipinski definition) is 2. The minimum atomic E-state index is -4.42. The predicted octanol–water partition coefficient (Wildman–Crippen LogP) is 4.84. The molecule has 0 fully saturated rings. The number of fused-ring (bicyclic) bond motifs is 1. The van der Waals surface area contributed by atoms with Gasteiger partial charge < -0.3 is 15.4 Å². The van der Waals surface area contributed by atoms with E-state index in [0.717, 1.165) is 12.1 Å². The van der Waals surface area contributed by atoms with Crippen molar-refractivity contribution in [2.75, 3.05) is 12.4 Å². The van der Waals surface area contributed by atoms with Crippen LogP contribution in [0.25, 0.3) is 10.9 Å². The number of halogens is 4. The van der Waals surface area contributed by atoms with Crippen LogP contribution in [0.3, 0.4) is 0 Å². The molecule has 0 saturated carbocycles. The second-order valence-electron chi connectivity index (χ2n) is 6.48. The molecule has 0 spiro atoms. The molecule has 0 radical (unpaired) electrons.